The van der Waals surface area contributed by atoms with Gasteiger partial charge >= 0.3 is 5.97 Å². The molecule has 0 radical (unpaired) electrons. The lowest BCUT2D eigenvalue weighted by Crippen LogP contribution is -2.34. The summed E-state index contributed by atoms with van der Waals surface area (Å²) in [7, 11) is 0. The van der Waals surface area contributed by atoms with Crippen molar-refractivity contribution < 1.29 is 9.90 Å². The molecule has 2 N–H and O–H groups in total. The summed E-state index contributed by atoms with van der Waals surface area (Å²) in [6.07, 6.45) is 4.03. The number of carboxylic acids is 1. The maximum Gasteiger partial charge on any atom is 0.303 e. The minimum Gasteiger partial charge on any atom is -0.481 e. The van der Waals surface area contributed by atoms with Gasteiger partial charge < -0.3 is 5.11 Å². The van der Waals surface area contributed by atoms with Gasteiger partial charge in [0.05, 0.1) is 18.3 Å². The lowest BCUT2D eigenvalue weighted by atomic mass is 9.91. The Balaban J connectivity index is 1.52. The van der Waals surface area contributed by atoms with Crippen molar-refractivity contribution in [1.29, 1.82) is 0 Å². The van der Waals surface area contributed by atoms with Crippen LogP contribution in [0.3, 0.4) is 0 Å². The zero-order valence-corrected chi connectivity index (χ0v) is 12.9. The van der Waals surface area contributed by atoms with Crippen LogP contribution in [0.25, 0.3) is 0 Å². The fraction of sp³-hybridized carbons (Fsp3) is 0.471. The molecule has 6 nitrogen and oxygen atoms in total. The molecule has 0 spiro atoms. The maximum atomic E-state index is 11.2. The van der Waals surface area contributed by atoms with Gasteiger partial charge in [-0.25, -0.2) is 0 Å². The van der Waals surface area contributed by atoms with E-state index in [9.17, 15) is 9.90 Å². The number of nitrogens with one attached hydrogen (secondary N) is 1. The predicted molar refractivity (Wildman–Crippen MR) is 84.1 cm³/mol. The van der Waals surface area contributed by atoms with Gasteiger partial charge in [-0.1, -0.05) is 24.3 Å². The third kappa shape index (κ3) is 2.74. The van der Waals surface area contributed by atoms with Crippen LogP contribution in [0.5, 0.6) is 0 Å². The summed E-state index contributed by atoms with van der Waals surface area (Å²) in [5.74, 6) is -0.491. The summed E-state index contributed by atoms with van der Waals surface area (Å²) in [6, 6.07) is 9.07. The van der Waals surface area contributed by atoms with E-state index >= 15 is 0 Å². The number of carbonyl (C=O) groups is 1. The molecule has 4 rings (SSSR count). The first-order valence-corrected chi connectivity index (χ1v) is 8.09. The smallest absolute Gasteiger partial charge is 0.303 e. The third-order valence-corrected chi connectivity index (χ3v) is 5.27. The number of aliphatic carboxylic acids is 1. The first-order chi connectivity index (χ1) is 11.2. The summed E-state index contributed by atoms with van der Waals surface area (Å²) in [5.41, 5.74) is 3.74. The van der Waals surface area contributed by atoms with Crippen molar-refractivity contribution in [2.45, 2.75) is 31.2 Å². The monoisotopic (exact) mass is 312 g/mol. The molecule has 2 aliphatic rings. The van der Waals surface area contributed by atoms with Crippen LogP contribution in [0.15, 0.2) is 30.5 Å². The van der Waals surface area contributed by atoms with Gasteiger partial charge in [-0.2, -0.15) is 15.4 Å². The molecule has 1 aromatic carbocycles. The van der Waals surface area contributed by atoms with Crippen LogP contribution in [0.2, 0.25) is 0 Å². The van der Waals surface area contributed by atoms with E-state index in [0.717, 1.165) is 31.6 Å². The third-order valence-electron chi connectivity index (χ3n) is 5.27. The van der Waals surface area contributed by atoms with Crippen LogP contribution in [0.1, 0.15) is 29.2 Å². The number of aromatic nitrogens is 3. The summed E-state index contributed by atoms with van der Waals surface area (Å²) in [4.78, 5) is 13.7. The molecule has 1 aliphatic carbocycles. The van der Waals surface area contributed by atoms with Crippen LogP contribution in [-0.2, 0) is 17.6 Å². The second-order valence-electron chi connectivity index (χ2n) is 6.64. The maximum absolute atomic E-state index is 11.2. The molecule has 120 valence electrons. The molecule has 2 atom stereocenters. The number of hydrogen-bond acceptors (Lipinski definition) is 4. The molecule has 6 heteroatoms. The largest absolute Gasteiger partial charge is 0.481 e. The second kappa shape index (κ2) is 5.77. The standard InChI is InChI=1S/C17H20N4O2/c22-17(23)7-13-9-21(10-15(13)16-8-18-20-19-16)14-5-11-3-1-2-4-12(11)6-14/h1-4,8,13-15H,5-7,9-10H2,(H,22,23)(H,18,19,20)/t13-,15+/m0/s1. The number of hydrogen-bond donors (Lipinski definition) is 2. The molecule has 1 fully saturated rings. The van der Waals surface area contributed by atoms with Gasteiger partial charge in [0, 0.05) is 25.0 Å². The normalized spacial score (nSPS) is 24.9. The zero-order chi connectivity index (χ0) is 15.8. The Kier molecular flexibility index (Phi) is 3.61. The van der Waals surface area contributed by atoms with Gasteiger partial charge in [-0.3, -0.25) is 9.69 Å². The number of benzene rings is 1. The first-order valence-electron chi connectivity index (χ1n) is 8.09. The highest BCUT2D eigenvalue weighted by atomic mass is 16.4. The molecule has 1 aliphatic heterocycles. The Morgan fingerprint density at radius 1 is 1.26 bits per heavy atom. The Morgan fingerprint density at radius 2 is 2.00 bits per heavy atom. The van der Waals surface area contributed by atoms with Crippen molar-refractivity contribution in [3.63, 3.8) is 0 Å². The average Bonchev–Trinajstić information content (AvgIpc) is 3.25. The molecule has 0 amide bonds. The van der Waals surface area contributed by atoms with E-state index in [1.54, 1.807) is 6.20 Å². The summed E-state index contributed by atoms with van der Waals surface area (Å²) >= 11 is 0. The highest BCUT2D eigenvalue weighted by Gasteiger charge is 2.40. The highest BCUT2D eigenvalue weighted by molar-refractivity contribution is 5.67. The number of likely N-dealkylation sites (tertiary alicyclic amines) is 1. The Labute approximate surface area is 134 Å². The predicted octanol–water partition coefficient (Wildman–Crippen LogP) is 1.46. The van der Waals surface area contributed by atoms with E-state index in [4.69, 9.17) is 0 Å². The van der Waals surface area contributed by atoms with E-state index in [1.165, 1.54) is 11.1 Å². The fourth-order valence-corrected chi connectivity index (χ4v) is 4.15. The molecular weight excluding hydrogens is 292 g/mol. The van der Waals surface area contributed by atoms with Crippen molar-refractivity contribution in [3.8, 4) is 0 Å². The number of aromatic amines is 1. The van der Waals surface area contributed by atoms with E-state index in [2.05, 4.69) is 44.6 Å². The molecule has 1 aromatic heterocycles. The number of fused-ring (bicyclic) bond motifs is 1. The molecule has 23 heavy (non-hydrogen) atoms. The minimum atomic E-state index is -0.736. The van der Waals surface area contributed by atoms with Crippen LogP contribution in [-0.4, -0.2) is 50.5 Å². The van der Waals surface area contributed by atoms with Gasteiger partial charge in [0.2, 0.25) is 0 Å². The van der Waals surface area contributed by atoms with Crippen molar-refractivity contribution in [1.82, 2.24) is 20.3 Å². The van der Waals surface area contributed by atoms with E-state index in [0.29, 0.717) is 6.04 Å². The first kappa shape index (κ1) is 14.4. The SMILES string of the molecule is O=C(O)C[C@H]1CN(C2Cc3ccccc3C2)C[C@H]1c1cn[nH]n1. The number of rotatable bonds is 4. The number of H-pyrrole nitrogens is 1. The van der Waals surface area contributed by atoms with Crippen LogP contribution in [0, 0.1) is 5.92 Å². The van der Waals surface area contributed by atoms with Crippen LogP contribution < -0.4 is 0 Å². The van der Waals surface area contributed by atoms with E-state index in [-0.39, 0.29) is 18.3 Å². The van der Waals surface area contributed by atoms with Crippen LogP contribution in [0.4, 0.5) is 0 Å². The molecular formula is C17H20N4O2. The summed E-state index contributed by atoms with van der Waals surface area (Å²) < 4.78 is 0. The Hall–Kier alpha value is -2.21. The molecule has 2 aromatic rings. The molecule has 2 heterocycles. The molecule has 1 saturated heterocycles. The summed E-state index contributed by atoms with van der Waals surface area (Å²) in [6.45, 7) is 1.69. The van der Waals surface area contributed by atoms with Crippen molar-refractivity contribution in [2.75, 3.05) is 13.1 Å². The lowest BCUT2D eigenvalue weighted by Gasteiger charge is -2.23. The van der Waals surface area contributed by atoms with Crippen molar-refractivity contribution in [3.05, 3.63) is 47.3 Å². The fourth-order valence-electron chi connectivity index (χ4n) is 4.15. The van der Waals surface area contributed by atoms with Gasteiger partial charge in [0.15, 0.2) is 0 Å². The quantitative estimate of drug-likeness (QED) is 0.893. The van der Waals surface area contributed by atoms with Gasteiger partial charge in [0.25, 0.3) is 0 Å². The zero-order valence-electron chi connectivity index (χ0n) is 12.9. The lowest BCUT2D eigenvalue weighted by molar-refractivity contribution is -0.138. The van der Waals surface area contributed by atoms with Crippen LogP contribution >= 0.6 is 0 Å². The van der Waals surface area contributed by atoms with Gasteiger partial charge in [-0.15, -0.1) is 0 Å². The molecule has 0 saturated carbocycles. The average molecular weight is 312 g/mol. The summed E-state index contributed by atoms with van der Waals surface area (Å²) in [5, 5.41) is 20.0. The number of carboxylic acid groups (broad SMARTS) is 1. The minimum absolute atomic E-state index is 0.0984. The molecule has 0 bridgehead atoms. The van der Waals surface area contributed by atoms with E-state index < -0.39 is 5.97 Å². The second-order valence-corrected chi connectivity index (χ2v) is 6.64. The number of nitrogens with zero attached hydrogens (tertiary/aromatic N) is 3. The topological polar surface area (TPSA) is 82.1 Å². The van der Waals surface area contributed by atoms with Gasteiger partial charge in [-0.05, 0) is 29.9 Å². The van der Waals surface area contributed by atoms with Gasteiger partial charge in [0.1, 0.15) is 0 Å². The highest BCUT2D eigenvalue weighted by Crippen LogP contribution is 2.37. The van der Waals surface area contributed by atoms with E-state index in [1.807, 2.05) is 0 Å². The van der Waals surface area contributed by atoms with Crippen molar-refractivity contribution in [2.24, 2.45) is 5.92 Å². The Morgan fingerprint density at radius 3 is 2.61 bits per heavy atom. The molecule has 0 unspecified atom stereocenters. The Bertz CT molecular complexity index is 675. The van der Waals surface area contributed by atoms with Crippen molar-refractivity contribution >= 4 is 5.97 Å².